The van der Waals surface area contributed by atoms with Gasteiger partial charge in [0.1, 0.15) is 6.61 Å². The van der Waals surface area contributed by atoms with Crippen LogP contribution in [-0.2, 0) is 6.61 Å². The molecule has 2 atom stereocenters. The molecule has 2 aromatic carbocycles. The molecular weight excluding hydrogens is 350 g/mol. The van der Waals surface area contributed by atoms with Crippen LogP contribution in [0.3, 0.4) is 0 Å². The van der Waals surface area contributed by atoms with Crippen molar-refractivity contribution >= 4 is 5.71 Å². The number of nitrogens with zero attached hydrogens (tertiary/aromatic N) is 2. The summed E-state index contributed by atoms with van der Waals surface area (Å²) in [5, 5.41) is 4.63. The summed E-state index contributed by atoms with van der Waals surface area (Å²) in [6, 6.07) is 14.8. The average molecular weight is 380 g/mol. The zero-order chi connectivity index (χ0) is 19.5. The molecule has 5 nitrogen and oxygen atoms in total. The van der Waals surface area contributed by atoms with Crippen molar-refractivity contribution in [3.05, 3.63) is 59.2 Å². The van der Waals surface area contributed by atoms with Gasteiger partial charge in [-0.2, -0.15) is 5.10 Å². The summed E-state index contributed by atoms with van der Waals surface area (Å²) in [5.41, 5.74) is 8.26. The van der Waals surface area contributed by atoms with Crippen molar-refractivity contribution in [3.63, 3.8) is 0 Å². The van der Waals surface area contributed by atoms with Crippen LogP contribution in [-0.4, -0.2) is 37.4 Å². The number of rotatable bonds is 6. The van der Waals surface area contributed by atoms with E-state index in [9.17, 15) is 0 Å². The van der Waals surface area contributed by atoms with Crippen LogP contribution in [0.25, 0.3) is 0 Å². The van der Waals surface area contributed by atoms with Gasteiger partial charge in [-0.05, 0) is 36.7 Å². The molecule has 0 saturated carbocycles. The van der Waals surface area contributed by atoms with Crippen molar-refractivity contribution < 1.29 is 9.47 Å². The Morgan fingerprint density at radius 2 is 1.96 bits per heavy atom. The van der Waals surface area contributed by atoms with Crippen LogP contribution in [0.5, 0.6) is 11.5 Å². The molecule has 0 aliphatic carbocycles. The highest BCUT2D eigenvalue weighted by Crippen LogP contribution is 2.37. The highest BCUT2D eigenvalue weighted by atomic mass is 16.5. The number of nitrogens with one attached hydrogen (secondary N) is 1. The third-order valence-electron chi connectivity index (χ3n) is 5.83. The molecule has 0 aromatic heterocycles. The molecule has 4 rings (SSSR count). The zero-order valence-corrected chi connectivity index (χ0v) is 16.9. The Balaban J connectivity index is 1.52. The van der Waals surface area contributed by atoms with Crippen molar-refractivity contribution in [1.82, 2.24) is 10.3 Å². The first-order chi connectivity index (χ1) is 13.7. The van der Waals surface area contributed by atoms with E-state index in [4.69, 9.17) is 9.47 Å². The van der Waals surface area contributed by atoms with Gasteiger partial charge in [-0.1, -0.05) is 42.8 Å². The number of benzene rings is 2. The quantitative estimate of drug-likeness (QED) is 0.826. The molecule has 2 aliphatic heterocycles. The van der Waals surface area contributed by atoms with Crippen LogP contribution in [0.2, 0.25) is 0 Å². The van der Waals surface area contributed by atoms with Crippen molar-refractivity contribution in [2.45, 2.75) is 32.9 Å². The average Bonchev–Trinajstić information content (AvgIpc) is 3.16. The summed E-state index contributed by atoms with van der Waals surface area (Å²) in [7, 11) is 1.68. The third kappa shape index (κ3) is 3.85. The Bertz CT molecular complexity index is 847. The van der Waals surface area contributed by atoms with E-state index in [-0.39, 0.29) is 6.04 Å². The Morgan fingerprint density at radius 3 is 2.71 bits per heavy atom. The first kappa shape index (κ1) is 18.8. The molecule has 1 N–H and O–H groups in total. The van der Waals surface area contributed by atoms with Gasteiger partial charge >= 0.3 is 0 Å². The molecule has 2 unspecified atom stereocenters. The summed E-state index contributed by atoms with van der Waals surface area (Å²) < 4.78 is 11.7. The summed E-state index contributed by atoms with van der Waals surface area (Å²) in [5.74, 6) is 1.96. The highest BCUT2D eigenvalue weighted by molar-refractivity contribution is 5.90. The lowest BCUT2D eigenvalue weighted by Crippen LogP contribution is -2.41. The van der Waals surface area contributed by atoms with E-state index >= 15 is 0 Å². The molecular formula is C23H29N3O2. The molecule has 28 heavy (non-hydrogen) atoms. The molecule has 148 valence electrons. The van der Waals surface area contributed by atoms with Gasteiger partial charge in [0.15, 0.2) is 11.5 Å². The Labute approximate surface area is 167 Å². The first-order valence-electron chi connectivity index (χ1n) is 10.1. The molecule has 0 bridgehead atoms. The van der Waals surface area contributed by atoms with E-state index in [1.54, 1.807) is 7.11 Å². The van der Waals surface area contributed by atoms with Crippen LogP contribution < -0.4 is 14.9 Å². The third-order valence-corrected chi connectivity index (χ3v) is 5.83. The molecule has 2 aromatic rings. The second-order valence-corrected chi connectivity index (χ2v) is 7.64. The maximum absolute atomic E-state index is 6.13. The minimum atomic E-state index is 0.192. The Morgan fingerprint density at radius 1 is 1.14 bits per heavy atom. The lowest BCUT2D eigenvalue weighted by atomic mass is 9.86. The minimum absolute atomic E-state index is 0.192. The lowest BCUT2D eigenvalue weighted by molar-refractivity contribution is 0.238. The van der Waals surface area contributed by atoms with E-state index in [1.165, 1.54) is 16.8 Å². The lowest BCUT2D eigenvalue weighted by Gasteiger charge is -2.32. The molecule has 0 amide bonds. The van der Waals surface area contributed by atoms with Gasteiger partial charge in [0.25, 0.3) is 0 Å². The summed E-state index contributed by atoms with van der Waals surface area (Å²) in [6.07, 6.45) is 1.05. The smallest absolute Gasteiger partial charge is 0.162 e. The number of ether oxygens (including phenoxy) is 2. The second-order valence-electron chi connectivity index (χ2n) is 7.64. The fourth-order valence-corrected chi connectivity index (χ4v) is 4.05. The number of piperidine rings is 1. The highest BCUT2D eigenvalue weighted by Gasteiger charge is 2.36. The van der Waals surface area contributed by atoms with Crippen molar-refractivity contribution in [2.75, 3.05) is 26.7 Å². The van der Waals surface area contributed by atoms with Crippen molar-refractivity contribution in [3.8, 4) is 11.5 Å². The fraction of sp³-hybridized carbons (Fsp3) is 0.435. The van der Waals surface area contributed by atoms with Gasteiger partial charge in [0.2, 0.25) is 0 Å². The Hall–Kier alpha value is -2.53. The van der Waals surface area contributed by atoms with Crippen LogP contribution in [0.1, 0.15) is 36.1 Å². The van der Waals surface area contributed by atoms with Crippen LogP contribution in [0.4, 0.5) is 0 Å². The van der Waals surface area contributed by atoms with Gasteiger partial charge in [-0.25, -0.2) is 0 Å². The summed E-state index contributed by atoms with van der Waals surface area (Å²) in [6.45, 7) is 8.08. The number of methoxy groups -OCH3 is 1. The molecule has 1 fully saturated rings. The molecule has 5 heteroatoms. The van der Waals surface area contributed by atoms with Crippen molar-refractivity contribution in [2.24, 2.45) is 11.0 Å². The first-order valence-corrected chi connectivity index (χ1v) is 10.1. The number of aryl methyl sites for hydroxylation is 1. The van der Waals surface area contributed by atoms with E-state index in [0.717, 1.165) is 43.1 Å². The number of hydrazone groups is 1. The van der Waals surface area contributed by atoms with Gasteiger partial charge in [-0.15, -0.1) is 0 Å². The van der Waals surface area contributed by atoms with Gasteiger partial charge in [-0.3, -0.25) is 0 Å². The number of fused-ring (bicyclic) bond motifs is 1. The van der Waals surface area contributed by atoms with Crippen molar-refractivity contribution in [1.29, 1.82) is 0 Å². The molecule has 1 saturated heterocycles. The SMILES string of the molecule is CCN1CCC2=NNC(c3ccc(OC)c(OCc4ccc(C)cc4)c3)C2C1. The van der Waals surface area contributed by atoms with Gasteiger partial charge in [0, 0.05) is 31.1 Å². The largest absolute Gasteiger partial charge is 0.493 e. The fourth-order valence-electron chi connectivity index (χ4n) is 4.05. The molecule has 2 aliphatic rings. The van der Waals surface area contributed by atoms with E-state index in [2.05, 4.69) is 65.7 Å². The van der Waals surface area contributed by atoms with E-state index in [0.29, 0.717) is 12.5 Å². The number of hydrogen-bond acceptors (Lipinski definition) is 5. The van der Waals surface area contributed by atoms with Gasteiger partial charge < -0.3 is 19.8 Å². The number of hydrogen-bond donors (Lipinski definition) is 1. The standard InChI is InChI=1S/C23H29N3O2/c1-4-26-12-11-20-19(14-26)23(25-24-20)18-9-10-21(27-3)22(13-18)28-15-17-7-5-16(2)6-8-17/h5-10,13,19,23,25H,4,11-12,14-15H2,1-3H3. The zero-order valence-electron chi connectivity index (χ0n) is 16.9. The van der Waals surface area contributed by atoms with Gasteiger partial charge in [0.05, 0.1) is 13.2 Å². The number of likely N-dealkylation sites (tertiary alicyclic amines) is 1. The topological polar surface area (TPSA) is 46.1 Å². The predicted molar refractivity (Wildman–Crippen MR) is 112 cm³/mol. The summed E-state index contributed by atoms with van der Waals surface area (Å²) in [4.78, 5) is 2.50. The van der Waals surface area contributed by atoms with E-state index < -0.39 is 0 Å². The minimum Gasteiger partial charge on any atom is -0.493 e. The van der Waals surface area contributed by atoms with Crippen LogP contribution in [0.15, 0.2) is 47.6 Å². The predicted octanol–water partition coefficient (Wildman–Crippen LogP) is 3.92. The molecule has 2 heterocycles. The maximum Gasteiger partial charge on any atom is 0.162 e. The Kier molecular flexibility index (Phi) is 5.53. The van der Waals surface area contributed by atoms with Crippen LogP contribution >= 0.6 is 0 Å². The second kappa shape index (κ2) is 8.23. The van der Waals surface area contributed by atoms with E-state index in [1.807, 2.05) is 6.07 Å². The normalized spacial score (nSPS) is 21.6. The monoisotopic (exact) mass is 379 g/mol. The molecule has 0 radical (unpaired) electrons. The summed E-state index contributed by atoms with van der Waals surface area (Å²) >= 11 is 0. The van der Waals surface area contributed by atoms with Crippen LogP contribution in [0, 0.1) is 12.8 Å². The maximum atomic E-state index is 6.13. The molecule has 0 spiro atoms.